The van der Waals surface area contributed by atoms with E-state index in [1.165, 1.54) is 0 Å². The van der Waals surface area contributed by atoms with E-state index in [-0.39, 0.29) is 0 Å². The van der Waals surface area contributed by atoms with Crippen LogP contribution in [0.4, 0.5) is 0 Å². The largest absolute Gasteiger partial charge is 0.478 e. The molecule has 0 radical (unpaired) electrons. The molecule has 1 unspecified atom stereocenters. The van der Waals surface area contributed by atoms with Crippen LogP contribution in [0.3, 0.4) is 0 Å². The van der Waals surface area contributed by atoms with E-state index in [0.29, 0.717) is 18.6 Å². The van der Waals surface area contributed by atoms with Crippen LogP contribution in [-0.2, 0) is 4.79 Å². The summed E-state index contributed by atoms with van der Waals surface area (Å²) in [5.41, 5.74) is -0.877. The van der Waals surface area contributed by atoms with Crippen LogP contribution in [0.5, 0.6) is 5.75 Å². The van der Waals surface area contributed by atoms with Crippen molar-refractivity contribution in [2.24, 2.45) is 0 Å². The van der Waals surface area contributed by atoms with Crippen molar-refractivity contribution < 1.29 is 9.53 Å². The number of rotatable bonds is 8. The molecule has 0 saturated heterocycles. The predicted octanol–water partition coefficient (Wildman–Crippen LogP) is 4.56. The molecule has 0 saturated carbocycles. The predicted molar refractivity (Wildman–Crippen MR) is 75.1 cm³/mol. The number of unbranched alkanes of at least 4 members (excludes halogenated alkanes) is 2. The minimum atomic E-state index is -0.877. The van der Waals surface area contributed by atoms with E-state index in [0.717, 1.165) is 19.3 Å². The molecular weight excluding hydrogens is 248 g/mol. The maximum atomic E-state index is 11.7. The average Bonchev–Trinajstić information content (AvgIpc) is 2.38. The first kappa shape index (κ1) is 15.0. The van der Waals surface area contributed by atoms with E-state index in [1.807, 2.05) is 37.3 Å². The average molecular weight is 269 g/mol. The van der Waals surface area contributed by atoms with Gasteiger partial charge in [-0.25, -0.2) is 0 Å². The quantitative estimate of drug-likeness (QED) is 0.510. The Bertz CT molecular complexity index is 364. The molecule has 2 nitrogen and oxygen atoms in total. The molecule has 0 spiro atoms. The van der Waals surface area contributed by atoms with E-state index in [1.54, 1.807) is 0 Å². The first-order chi connectivity index (χ1) is 8.64. The molecule has 0 heterocycles. The van der Waals surface area contributed by atoms with Crippen LogP contribution in [0.25, 0.3) is 0 Å². The summed E-state index contributed by atoms with van der Waals surface area (Å²) >= 11 is 5.77. The van der Waals surface area contributed by atoms with E-state index in [2.05, 4.69) is 6.92 Å². The molecule has 100 valence electrons. The third-order valence-corrected chi connectivity index (χ3v) is 3.51. The lowest BCUT2D eigenvalue weighted by Crippen LogP contribution is -2.41. The number of ether oxygens (including phenoxy) is 1. The van der Waals surface area contributed by atoms with Gasteiger partial charge in [0, 0.05) is 0 Å². The zero-order valence-corrected chi connectivity index (χ0v) is 11.9. The number of hydrogen-bond donors (Lipinski definition) is 0. The van der Waals surface area contributed by atoms with Crippen molar-refractivity contribution in [1.29, 1.82) is 0 Å². The molecule has 0 bridgehead atoms. The fraction of sp³-hybridized carbons (Fsp3) is 0.533. The highest BCUT2D eigenvalue weighted by Gasteiger charge is 2.37. The summed E-state index contributed by atoms with van der Waals surface area (Å²) in [6.07, 6.45) is 4.42. The highest BCUT2D eigenvalue weighted by atomic mass is 35.5. The van der Waals surface area contributed by atoms with E-state index < -0.39 is 10.8 Å². The maximum absolute atomic E-state index is 11.7. The summed E-state index contributed by atoms with van der Waals surface area (Å²) in [5.74, 6) is 0.699. The highest BCUT2D eigenvalue weighted by Crippen LogP contribution is 2.29. The number of para-hydroxylation sites is 1. The van der Waals surface area contributed by atoms with Crippen LogP contribution in [0.2, 0.25) is 0 Å². The number of halogens is 1. The summed E-state index contributed by atoms with van der Waals surface area (Å²) in [7, 11) is 0. The summed E-state index contributed by atoms with van der Waals surface area (Å²) in [4.78, 5) is 11.7. The van der Waals surface area contributed by atoms with Gasteiger partial charge in [0.2, 0.25) is 0 Å². The standard InChI is InChI=1S/C15H21ClO2/c1-3-5-9-12-15(4-2,14(16)17)18-13-10-7-6-8-11-13/h6-8,10-11H,3-5,9,12H2,1-2H3. The Morgan fingerprint density at radius 1 is 1.22 bits per heavy atom. The van der Waals surface area contributed by atoms with Gasteiger partial charge in [0.15, 0.2) is 5.60 Å². The van der Waals surface area contributed by atoms with Crippen LogP contribution >= 0.6 is 11.6 Å². The molecule has 0 N–H and O–H groups in total. The Labute approximate surface area is 114 Å². The third-order valence-electron chi connectivity index (χ3n) is 3.17. The minimum absolute atomic E-state index is 0.398. The van der Waals surface area contributed by atoms with Gasteiger partial charge in [0.25, 0.3) is 5.24 Å². The molecule has 1 atom stereocenters. The number of carbonyl (C=O) groups is 1. The molecule has 1 rings (SSSR count). The van der Waals surface area contributed by atoms with Crippen molar-refractivity contribution in [3.05, 3.63) is 30.3 Å². The molecule has 1 aromatic rings. The Kier molecular flexibility index (Phi) is 6.20. The Morgan fingerprint density at radius 3 is 2.39 bits per heavy atom. The van der Waals surface area contributed by atoms with Crippen molar-refractivity contribution in [2.45, 2.75) is 51.6 Å². The third kappa shape index (κ3) is 4.02. The molecule has 3 heteroatoms. The van der Waals surface area contributed by atoms with Gasteiger partial charge in [-0.05, 0) is 43.0 Å². The van der Waals surface area contributed by atoms with E-state index >= 15 is 0 Å². The second kappa shape index (κ2) is 7.42. The molecule has 0 amide bonds. The summed E-state index contributed by atoms with van der Waals surface area (Å²) in [6.45, 7) is 4.07. The fourth-order valence-electron chi connectivity index (χ4n) is 1.95. The lowest BCUT2D eigenvalue weighted by Gasteiger charge is -2.30. The number of carbonyl (C=O) groups excluding carboxylic acids is 1. The van der Waals surface area contributed by atoms with Gasteiger partial charge in [-0.15, -0.1) is 0 Å². The van der Waals surface area contributed by atoms with Gasteiger partial charge >= 0.3 is 0 Å². The second-order valence-electron chi connectivity index (χ2n) is 4.49. The first-order valence-electron chi connectivity index (χ1n) is 6.58. The Hall–Kier alpha value is -1.02. The van der Waals surface area contributed by atoms with Gasteiger partial charge in [-0.3, -0.25) is 4.79 Å². The summed E-state index contributed by atoms with van der Waals surface area (Å²) in [5, 5.41) is -0.398. The second-order valence-corrected chi connectivity index (χ2v) is 4.84. The van der Waals surface area contributed by atoms with Crippen LogP contribution in [0.15, 0.2) is 30.3 Å². The van der Waals surface area contributed by atoms with Crippen LogP contribution in [0.1, 0.15) is 46.0 Å². The molecule has 0 fully saturated rings. The highest BCUT2D eigenvalue weighted by molar-refractivity contribution is 6.65. The lowest BCUT2D eigenvalue weighted by molar-refractivity contribution is -0.127. The monoisotopic (exact) mass is 268 g/mol. The normalized spacial score (nSPS) is 13.9. The van der Waals surface area contributed by atoms with Crippen LogP contribution < -0.4 is 4.74 Å². The molecule has 0 aliphatic heterocycles. The van der Waals surface area contributed by atoms with E-state index in [4.69, 9.17) is 16.3 Å². The molecule has 1 aromatic carbocycles. The fourth-order valence-corrected chi connectivity index (χ4v) is 2.22. The minimum Gasteiger partial charge on any atom is -0.478 e. The van der Waals surface area contributed by atoms with Gasteiger partial charge in [0.1, 0.15) is 5.75 Å². The van der Waals surface area contributed by atoms with Crippen LogP contribution in [0, 0.1) is 0 Å². The molecular formula is C15H21ClO2. The van der Waals surface area contributed by atoms with Crippen molar-refractivity contribution in [3.63, 3.8) is 0 Å². The first-order valence-corrected chi connectivity index (χ1v) is 6.96. The van der Waals surface area contributed by atoms with Crippen molar-refractivity contribution in [3.8, 4) is 5.75 Å². The Balaban J connectivity index is 2.79. The van der Waals surface area contributed by atoms with Crippen molar-refractivity contribution >= 4 is 16.8 Å². The smallest absolute Gasteiger partial charge is 0.265 e. The lowest BCUT2D eigenvalue weighted by atomic mass is 9.94. The number of benzene rings is 1. The molecule has 0 aliphatic carbocycles. The zero-order chi connectivity index (χ0) is 13.4. The molecule has 0 aliphatic rings. The van der Waals surface area contributed by atoms with Crippen molar-refractivity contribution in [1.82, 2.24) is 0 Å². The zero-order valence-electron chi connectivity index (χ0n) is 11.1. The van der Waals surface area contributed by atoms with Gasteiger partial charge in [-0.1, -0.05) is 44.9 Å². The molecule has 0 aromatic heterocycles. The van der Waals surface area contributed by atoms with Crippen LogP contribution in [-0.4, -0.2) is 10.8 Å². The van der Waals surface area contributed by atoms with Gasteiger partial charge in [0.05, 0.1) is 0 Å². The summed E-state index contributed by atoms with van der Waals surface area (Å²) in [6, 6.07) is 9.40. The topological polar surface area (TPSA) is 26.3 Å². The van der Waals surface area contributed by atoms with Crippen molar-refractivity contribution in [2.75, 3.05) is 0 Å². The molecule has 18 heavy (non-hydrogen) atoms. The summed E-state index contributed by atoms with van der Waals surface area (Å²) < 4.78 is 5.88. The van der Waals surface area contributed by atoms with E-state index in [9.17, 15) is 4.79 Å². The SMILES string of the molecule is CCCCCC(CC)(Oc1ccccc1)C(=O)Cl. The Morgan fingerprint density at radius 2 is 1.89 bits per heavy atom. The van der Waals surface area contributed by atoms with Gasteiger partial charge in [-0.2, -0.15) is 0 Å². The number of hydrogen-bond acceptors (Lipinski definition) is 2. The maximum Gasteiger partial charge on any atom is 0.265 e. The van der Waals surface area contributed by atoms with Gasteiger partial charge < -0.3 is 4.74 Å².